The molecule has 1 aliphatic heterocycles. The molecule has 1 aromatic carbocycles. The molecule has 2 aromatic heterocycles. The predicted octanol–water partition coefficient (Wildman–Crippen LogP) is 3.99. The van der Waals surface area contributed by atoms with Crippen molar-refractivity contribution in [2.75, 3.05) is 6.54 Å². The molecule has 150 valence electrons. The summed E-state index contributed by atoms with van der Waals surface area (Å²) in [5.74, 6) is -0.538. The Morgan fingerprint density at radius 2 is 2.00 bits per heavy atom. The van der Waals surface area contributed by atoms with Crippen molar-refractivity contribution in [1.82, 2.24) is 14.5 Å². The van der Waals surface area contributed by atoms with Crippen molar-refractivity contribution >= 4 is 16.9 Å². The summed E-state index contributed by atoms with van der Waals surface area (Å²) in [6.45, 7) is 2.98. The molecule has 1 atom stereocenters. The molecule has 5 nitrogen and oxygen atoms in total. The maximum absolute atomic E-state index is 13.3. The SMILES string of the molecule is CC[C@H]1CCCCN1C(=O)c1cc2cccnc2n(Cc2ccc(F)cc2)c1=O. The molecule has 0 aliphatic carbocycles. The molecule has 3 aromatic rings. The summed E-state index contributed by atoms with van der Waals surface area (Å²) in [6, 6.07) is 11.5. The van der Waals surface area contributed by atoms with Gasteiger partial charge < -0.3 is 4.90 Å². The fourth-order valence-electron chi connectivity index (χ4n) is 4.13. The van der Waals surface area contributed by atoms with Gasteiger partial charge in [0, 0.05) is 24.2 Å². The molecular weight excluding hydrogens is 369 g/mol. The molecule has 1 saturated heterocycles. The molecule has 0 bridgehead atoms. The molecule has 0 saturated carbocycles. The Bertz CT molecular complexity index is 1090. The van der Waals surface area contributed by atoms with Crippen LogP contribution in [0, 0.1) is 5.82 Å². The van der Waals surface area contributed by atoms with E-state index in [2.05, 4.69) is 11.9 Å². The standard InChI is InChI=1S/C23H24FN3O2/c1-2-19-7-3-4-13-26(19)22(28)20-14-17-6-5-12-25-21(17)27(23(20)29)15-16-8-10-18(24)11-9-16/h5-6,8-12,14,19H,2-4,7,13,15H2,1H3/t19-/m0/s1. The van der Waals surface area contributed by atoms with E-state index in [1.165, 1.54) is 16.7 Å². The van der Waals surface area contributed by atoms with Crippen LogP contribution in [0.2, 0.25) is 0 Å². The second-order valence-electron chi connectivity index (χ2n) is 7.55. The predicted molar refractivity (Wildman–Crippen MR) is 110 cm³/mol. The average Bonchev–Trinajstić information content (AvgIpc) is 2.76. The Balaban J connectivity index is 1.81. The number of piperidine rings is 1. The third-order valence-electron chi connectivity index (χ3n) is 5.69. The zero-order valence-corrected chi connectivity index (χ0v) is 16.5. The van der Waals surface area contributed by atoms with Crippen molar-refractivity contribution in [1.29, 1.82) is 0 Å². The van der Waals surface area contributed by atoms with Crippen LogP contribution in [0.4, 0.5) is 4.39 Å². The zero-order valence-electron chi connectivity index (χ0n) is 16.5. The van der Waals surface area contributed by atoms with Gasteiger partial charge in [-0.05, 0) is 61.6 Å². The van der Waals surface area contributed by atoms with Gasteiger partial charge in [-0.15, -0.1) is 0 Å². The number of fused-ring (bicyclic) bond motifs is 1. The number of likely N-dealkylation sites (tertiary alicyclic amines) is 1. The molecule has 0 N–H and O–H groups in total. The van der Waals surface area contributed by atoms with E-state index in [0.717, 1.165) is 36.6 Å². The number of aromatic nitrogens is 2. The molecule has 0 spiro atoms. The monoisotopic (exact) mass is 393 g/mol. The number of carbonyl (C=O) groups is 1. The van der Waals surface area contributed by atoms with Crippen molar-refractivity contribution in [3.63, 3.8) is 0 Å². The molecule has 1 aliphatic rings. The molecule has 4 rings (SSSR count). The number of amides is 1. The van der Waals surface area contributed by atoms with Crippen LogP contribution in [0.15, 0.2) is 53.5 Å². The average molecular weight is 393 g/mol. The van der Waals surface area contributed by atoms with Crippen molar-refractivity contribution in [3.05, 3.63) is 76.0 Å². The lowest BCUT2D eigenvalue weighted by Crippen LogP contribution is -2.45. The lowest BCUT2D eigenvalue weighted by Gasteiger charge is -2.35. The van der Waals surface area contributed by atoms with Crippen molar-refractivity contribution in [3.8, 4) is 0 Å². The summed E-state index contributed by atoms with van der Waals surface area (Å²) in [5.41, 5.74) is 1.11. The highest BCUT2D eigenvalue weighted by Crippen LogP contribution is 2.22. The first-order valence-corrected chi connectivity index (χ1v) is 10.1. The number of pyridine rings is 2. The Labute approximate surface area is 168 Å². The number of hydrogen-bond donors (Lipinski definition) is 0. The van der Waals surface area contributed by atoms with Crippen LogP contribution in [-0.4, -0.2) is 32.9 Å². The third kappa shape index (κ3) is 3.79. The van der Waals surface area contributed by atoms with Gasteiger partial charge in [-0.3, -0.25) is 14.2 Å². The first kappa shape index (κ1) is 19.3. The van der Waals surface area contributed by atoms with Crippen molar-refractivity contribution in [2.45, 2.75) is 45.2 Å². The lowest BCUT2D eigenvalue weighted by atomic mass is 9.99. The molecule has 0 radical (unpaired) electrons. The highest BCUT2D eigenvalue weighted by Gasteiger charge is 2.28. The lowest BCUT2D eigenvalue weighted by molar-refractivity contribution is 0.0606. The highest BCUT2D eigenvalue weighted by molar-refractivity contribution is 5.97. The minimum absolute atomic E-state index is 0.172. The number of nitrogens with zero attached hydrogens (tertiary/aromatic N) is 3. The van der Waals surface area contributed by atoms with Gasteiger partial charge in [0.25, 0.3) is 11.5 Å². The maximum Gasteiger partial charge on any atom is 0.265 e. The second kappa shape index (κ2) is 8.15. The Morgan fingerprint density at radius 1 is 1.21 bits per heavy atom. The molecule has 3 heterocycles. The highest BCUT2D eigenvalue weighted by atomic mass is 19.1. The van der Waals surface area contributed by atoms with Crippen LogP contribution < -0.4 is 5.56 Å². The molecule has 6 heteroatoms. The van der Waals surface area contributed by atoms with Gasteiger partial charge in [-0.25, -0.2) is 9.37 Å². The van der Waals surface area contributed by atoms with Gasteiger partial charge in [0.05, 0.1) is 6.54 Å². The van der Waals surface area contributed by atoms with Crippen LogP contribution in [0.1, 0.15) is 48.5 Å². The smallest absolute Gasteiger partial charge is 0.265 e. The number of halogens is 1. The van der Waals surface area contributed by atoms with Crippen molar-refractivity contribution < 1.29 is 9.18 Å². The van der Waals surface area contributed by atoms with Crippen LogP contribution in [-0.2, 0) is 6.54 Å². The van der Waals surface area contributed by atoms with E-state index in [9.17, 15) is 14.0 Å². The van der Waals surface area contributed by atoms with E-state index < -0.39 is 0 Å². The van der Waals surface area contributed by atoms with Gasteiger partial charge in [-0.2, -0.15) is 0 Å². The van der Waals surface area contributed by atoms with E-state index in [1.54, 1.807) is 30.5 Å². The molecule has 1 amide bonds. The summed E-state index contributed by atoms with van der Waals surface area (Å²) >= 11 is 0. The van der Waals surface area contributed by atoms with E-state index in [1.807, 2.05) is 11.0 Å². The quantitative estimate of drug-likeness (QED) is 0.674. The first-order chi connectivity index (χ1) is 14.1. The number of benzene rings is 1. The van der Waals surface area contributed by atoms with E-state index in [0.29, 0.717) is 12.2 Å². The molecule has 29 heavy (non-hydrogen) atoms. The van der Waals surface area contributed by atoms with E-state index in [4.69, 9.17) is 0 Å². The maximum atomic E-state index is 13.3. The Hall–Kier alpha value is -3.02. The summed E-state index contributed by atoms with van der Waals surface area (Å²) in [7, 11) is 0. The first-order valence-electron chi connectivity index (χ1n) is 10.1. The third-order valence-corrected chi connectivity index (χ3v) is 5.69. The topological polar surface area (TPSA) is 55.2 Å². The zero-order chi connectivity index (χ0) is 20.4. The second-order valence-corrected chi connectivity index (χ2v) is 7.55. The molecular formula is C23H24FN3O2. The molecule has 0 unspecified atom stereocenters. The minimum Gasteiger partial charge on any atom is -0.336 e. The summed E-state index contributed by atoms with van der Waals surface area (Å²) < 4.78 is 14.8. The van der Waals surface area contributed by atoms with Crippen molar-refractivity contribution in [2.24, 2.45) is 0 Å². The fraction of sp³-hybridized carbons (Fsp3) is 0.348. The van der Waals surface area contributed by atoms with Gasteiger partial charge in [0.1, 0.15) is 17.0 Å². The van der Waals surface area contributed by atoms with Gasteiger partial charge in [0.2, 0.25) is 0 Å². The summed E-state index contributed by atoms with van der Waals surface area (Å²) in [5, 5.41) is 0.739. The summed E-state index contributed by atoms with van der Waals surface area (Å²) in [4.78, 5) is 32.9. The van der Waals surface area contributed by atoms with E-state index >= 15 is 0 Å². The van der Waals surface area contributed by atoms with Crippen LogP contribution in [0.3, 0.4) is 0 Å². The Kier molecular flexibility index (Phi) is 5.43. The van der Waals surface area contributed by atoms with Crippen LogP contribution in [0.25, 0.3) is 11.0 Å². The van der Waals surface area contributed by atoms with Crippen LogP contribution in [0.5, 0.6) is 0 Å². The number of rotatable bonds is 4. The minimum atomic E-state index is -0.356. The van der Waals surface area contributed by atoms with Crippen LogP contribution >= 0.6 is 0 Å². The largest absolute Gasteiger partial charge is 0.336 e. The Morgan fingerprint density at radius 3 is 2.76 bits per heavy atom. The summed E-state index contributed by atoms with van der Waals surface area (Å²) in [6.07, 6.45) is 5.55. The molecule has 1 fully saturated rings. The normalized spacial score (nSPS) is 16.9. The number of carbonyl (C=O) groups excluding carboxylic acids is 1. The fourth-order valence-corrected chi connectivity index (χ4v) is 4.13. The van der Waals surface area contributed by atoms with Gasteiger partial charge in [0.15, 0.2) is 0 Å². The number of hydrogen-bond acceptors (Lipinski definition) is 3. The van der Waals surface area contributed by atoms with Gasteiger partial charge in [-0.1, -0.05) is 19.1 Å². The van der Waals surface area contributed by atoms with Gasteiger partial charge >= 0.3 is 0 Å². The van der Waals surface area contributed by atoms with E-state index in [-0.39, 0.29) is 35.4 Å².